The van der Waals surface area contributed by atoms with Crippen LogP contribution in [0.5, 0.6) is 0 Å². The number of fused-ring (bicyclic) bond motifs is 1. The normalized spacial score (nSPS) is 31.4. The molecule has 2 heterocycles. The van der Waals surface area contributed by atoms with Crippen molar-refractivity contribution in [2.45, 2.75) is 45.8 Å². The van der Waals surface area contributed by atoms with Crippen molar-refractivity contribution in [3.05, 3.63) is 0 Å². The van der Waals surface area contributed by atoms with Crippen molar-refractivity contribution in [2.75, 3.05) is 20.1 Å². The first-order chi connectivity index (χ1) is 8.67. The monoisotopic (exact) mass is 269 g/mol. The average molecular weight is 269 g/mol. The minimum Gasteiger partial charge on any atom is -0.442 e. The average Bonchev–Trinajstić information content (AvgIpc) is 2.47. The second-order valence-corrected chi connectivity index (χ2v) is 6.55. The molecule has 2 unspecified atom stereocenters. The molecule has 2 aliphatic rings. The Morgan fingerprint density at radius 3 is 2.68 bits per heavy atom. The molecule has 0 aromatic rings. The van der Waals surface area contributed by atoms with E-state index >= 15 is 0 Å². The van der Waals surface area contributed by atoms with Crippen molar-refractivity contribution in [3.63, 3.8) is 0 Å². The second kappa shape index (κ2) is 4.37. The SMILES string of the molecule is CN1C(=O)C2(C)CNCCC2N1C(=O)OC(C)(C)C. The van der Waals surface area contributed by atoms with Gasteiger partial charge in [0, 0.05) is 13.6 Å². The molecule has 0 radical (unpaired) electrons. The molecule has 0 spiro atoms. The summed E-state index contributed by atoms with van der Waals surface area (Å²) in [7, 11) is 1.63. The lowest BCUT2D eigenvalue weighted by molar-refractivity contribution is -0.139. The summed E-state index contributed by atoms with van der Waals surface area (Å²) in [6, 6.07) is -0.124. The number of ether oxygens (including phenoxy) is 1. The van der Waals surface area contributed by atoms with Gasteiger partial charge in [-0.3, -0.25) is 9.80 Å². The number of carbonyl (C=O) groups is 2. The van der Waals surface area contributed by atoms with Crippen LogP contribution in [0, 0.1) is 5.41 Å². The molecular formula is C13H23N3O3. The van der Waals surface area contributed by atoms with Crippen molar-refractivity contribution in [3.8, 4) is 0 Å². The summed E-state index contributed by atoms with van der Waals surface area (Å²) in [6.45, 7) is 8.78. The van der Waals surface area contributed by atoms with Crippen molar-refractivity contribution < 1.29 is 14.3 Å². The maximum Gasteiger partial charge on any atom is 0.429 e. The van der Waals surface area contributed by atoms with Crippen LogP contribution in [0.4, 0.5) is 4.79 Å². The minimum absolute atomic E-state index is 0.0319. The molecule has 6 heteroatoms. The number of nitrogens with one attached hydrogen (secondary N) is 1. The molecule has 0 saturated carbocycles. The molecule has 108 valence electrons. The van der Waals surface area contributed by atoms with Gasteiger partial charge in [-0.05, 0) is 40.7 Å². The first-order valence-corrected chi connectivity index (χ1v) is 6.68. The minimum atomic E-state index is -0.563. The lowest BCUT2D eigenvalue weighted by Crippen LogP contribution is -2.53. The van der Waals surface area contributed by atoms with Gasteiger partial charge in [0.15, 0.2) is 0 Å². The number of nitrogens with zero attached hydrogens (tertiary/aromatic N) is 2. The molecule has 0 aliphatic carbocycles. The van der Waals surface area contributed by atoms with Gasteiger partial charge in [0.1, 0.15) is 5.60 Å². The molecule has 2 atom stereocenters. The van der Waals surface area contributed by atoms with Crippen molar-refractivity contribution in [2.24, 2.45) is 5.41 Å². The van der Waals surface area contributed by atoms with Gasteiger partial charge in [-0.15, -0.1) is 0 Å². The smallest absolute Gasteiger partial charge is 0.429 e. The third kappa shape index (κ3) is 2.29. The first kappa shape index (κ1) is 14.1. The van der Waals surface area contributed by atoms with E-state index in [1.54, 1.807) is 7.05 Å². The summed E-state index contributed by atoms with van der Waals surface area (Å²) in [5.74, 6) is -0.0319. The standard InChI is InChI=1S/C13H23N3O3/c1-12(2,3)19-11(18)16-9-6-7-14-8-13(9,4)10(17)15(16)5/h9,14H,6-8H2,1-5H3. The first-order valence-electron chi connectivity index (χ1n) is 6.68. The number of rotatable bonds is 0. The van der Waals surface area contributed by atoms with E-state index in [1.165, 1.54) is 10.0 Å². The molecule has 2 saturated heterocycles. The Morgan fingerprint density at radius 1 is 1.47 bits per heavy atom. The van der Waals surface area contributed by atoms with E-state index in [0.29, 0.717) is 6.54 Å². The molecule has 2 amide bonds. The third-order valence-corrected chi connectivity index (χ3v) is 3.80. The van der Waals surface area contributed by atoms with Crippen molar-refractivity contribution in [1.29, 1.82) is 0 Å². The Morgan fingerprint density at radius 2 is 2.11 bits per heavy atom. The Hall–Kier alpha value is -1.30. The fourth-order valence-corrected chi connectivity index (χ4v) is 2.87. The van der Waals surface area contributed by atoms with Crippen molar-refractivity contribution in [1.82, 2.24) is 15.3 Å². The number of piperidine rings is 1. The van der Waals surface area contributed by atoms with E-state index in [9.17, 15) is 9.59 Å². The van der Waals surface area contributed by atoms with E-state index < -0.39 is 17.1 Å². The molecule has 1 N–H and O–H groups in total. The van der Waals surface area contributed by atoms with Crippen LogP contribution in [0.15, 0.2) is 0 Å². The quantitative estimate of drug-likeness (QED) is 0.712. The Bertz CT molecular complexity index is 404. The maximum absolute atomic E-state index is 12.4. The molecule has 2 fully saturated rings. The highest BCUT2D eigenvalue weighted by atomic mass is 16.6. The molecule has 19 heavy (non-hydrogen) atoms. The van der Waals surface area contributed by atoms with Gasteiger partial charge in [-0.2, -0.15) is 0 Å². The zero-order valence-corrected chi connectivity index (χ0v) is 12.3. The summed E-state index contributed by atoms with van der Waals surface area (Å²) < 4.78 is 5.41. The fraction of sp³-hybridized carbons (Fsp3) is 0.846. The van der Waals surface area contributed by atoms with Gasteiger partial charge >= 0.3 is 6.09 Å². The molecule has 6 nitrogen and oxygen atoms in total. The van der Waals surface area contributed by atoms with Crippen LogP contribution in [0.25, 0.3) is 0 Å². The summed E-state index contributed by atoms with van der Waals surface area (Å²) in [5.41, 5.74) is -1.11. The number of hydrogen-bond acceptors (Lipinski definition) is 4. The van der Waals surface area contributed by atoms with E-state index in [4.69, 9.17) is 4.74 Å². The van der Waals surface area contributed by atoms with Crippen LogP contribution < -0.4 is 5.32 Å². The molecule has 2 rings (SSSR count). The van der Waals surface area contributed by atoms with Gasteiger partial charge in [0.05, 0.1) is 11.5 Å². The predicted molar refractivity (Wildman–Crippen MR) is 70.2 cm³/mol. The lowest BCUT2D eigenvalue weighted by Gasteiger charge is -2.37. The largest absolute Gasteiger partial charge is 0.442 e. The van der Waals surface area contributed by atoms with Gasteiger partial charge in [0.25, 0.3) is 0 Å². The molecule has 0 bridgehead atoms. The molecule has 2 aliphatic heterocycles. The topological polar surface area (TPSA) is 61.9 Å². The Kier molecular flexibility index (Phi) is 3.24. The van der Waals surface area contributed by atoms with E-state index in [0.717, 1.165) is 13.0 Å². The van der Waals surface area contributed by atoms with Gasteiger partial charge in [-0.1, -0.05) is 0 Å². The van der Waals surface area contributed by atoms with E-state index in [2.05, 4.69) is 5.32 Å². The lowest BCUT2D eigenvalue weighted by atomic mass is 9.78. The van der Waals surface area contributed by atoms with Crippen LogP contribution in [0.3, 0.4) is 0 Å². The second-order valence-electron chi connectivity index (χ2n) is 6.55. The van der Waals surface area contributed by atoms with Crippen LogP contribution in [0.2, 0.25) is 0 Å². The Labute approximate surface area is 114 Å². The third-order valence-electron chi connectivity index (χ3n) is 3.80. The highest BCUT2D eigenvalue weighted by molar-refractivity contribution is 5.89. The van der Waals surface area contributed by atoms with Gasteiger partial charge in [0.2, 0.25) is 5.91 Å². The highest BCUT2D eigenvalue weighted by Gasteiger charge is 2.57. The van der Waals surface area contributed by atoms with E-state index in [-0.39, 0.29) is 11.9 Å². The Balaban J connectivity index is 2.25. The molecule has 0 aromatic heterocycles. The van der Waals surface area contributed by atoms with Crippen LogP contribution in [0.1, 0.15) is 34.1 Å². The zero-order valence-electron chi connectivity index (χ0n) is 12.3. The van der Waals surface area contributed by atoms with Crippen LogP contribution >= 0.6 is 0 Å². The van der Waals surface area contributed by atoms with Gasteiger partial charge in [-0.25, -0.2) is 9.80 Å². The summed E-state index contributed by atoms with van der Waals surface area (Å²) in [5, 5.41) is 6.12. The molecular weight excluding hydrogens is 246 g/mol. The summed E-state index contributed by atoms with van der Waals surface area (Å²) >= 11 is 0. The number of hydrazine groups is 1. The van der Waals surface area contributed by atoms with E-state index in [1.807, 2.05) is 27.7 Å². The highest BCUT2D eigenvalue weighted by Crippen LogP contribution is 2.39. The number of carbonyl (C=O) groups excluding carboxylic acids is 2. The maximum atomic E-state index is 12.4. The molecule has 0 aromatic carbocycles. The number of hydrogen-bond donors (Lipinski definition) is 1. The van der Waals surface area contributed by atoms with Crippen LogP contribution in [-0.2, 0) is 9.53 Å². The summed E-state index contributed by atoms with van der Waals surface area (Å²) in [6.07, 6.45) is 0.310. The predicted octanol–water partition coefficient (Wildman–Crippen LogP) is 0.979. The van der Waals surface area contributed by atoms with Gasteiger partial charge < -0.3 is 10.1 Å². The summed E-state index contributed by atoms with van der Waals surface area (Å²) in [4.78, 5) is 24.7. The van der Waals surface area contributed by atoms with Crippen molar-refractivity contribution >= 4 is 12.0 Å². The fourth-order valence-electron chi connectivity index (χ4n) is 2.87. The zero-order chi connectivity index (χ0) is 14.4. The van der Waals surface area contributed by atoms with Crippen LogP contribution in [-0.4, -0.2) is 53.8 Å². The number of amides is 2.